The topological polar surface area (TPSA) is 102 Å². The van der Waals surface area contributed by atoms with Gasteiger partial charge in [0.1, 0.15) is 0 Å². The maximum Gasteiger partial charge on any atom is 0.413 e. The van der Waals surface area contributed by atoms with Crippen LogP contribution in [0.4, 0.5) is 9.59 Å². The summed E-state index contributed by atoms with van der Waals surface area (Å²) in [4.78, 5) is 30.2. The highest BCUT2D eigenvalue weighted by molar-refractivity contribution is 5.71. The number of rotatable bonds is 17. The van der Waals surface area contributed by atoms with Crippen LogP contribution in [0.25, 0.3) is 0 Å². The summed E-state index contributed by atoms with van der Waals surface area (Å²) in [5, 5.41) is 5.40. The Labute approximate surface area is 198 Å². The van der Waals surface area contributed by atoms with Crippen molar-refractivity contribution in [2.75, 3.05) is 39.3 Å². The number of amides is 2. The van der Waals surface area contributed by atoms with E-state index in [1.165, 1.54) is 44.0 Å². The van der Waals surface area contributed by atoms with E-state index < -0.39 is 12.2 Å². The molecule has 1 aromatic heterocycles. The van der Waals surface area contributed by atoms with Crippen LogP contribution in [0.15, 0.2) is 18.3 Å². The summed E-state index contributed by atoms with van der Waals surface area (Å²) in [6.45, 7) is 13.0. The molecule has 9 nitrogen and oxygen atoms in total. The molecule has 2 amide bonds. The average molecular weight is 467 g/mol. The summed E-state index contributed by atoms with van der Waals surface area (Å²) < 4.78 is 15.7. The highest BCUT2D eigenvalue weighted by Crippen LogP contribution is 2.14. The minimum Gasteiger partial charge on any atom is -0.409 e. The van der Waals surface area contributed by atoms with Crippen molar-refractivity contribution in [3.05, 3.63) is 18.3 Å². The first-order valence-corrected chi connectivity index (χ1v) is 12.2. The summed E-state index contributed by atoms with van der Waals surface area (Å²) in [6.07, 6.45) is 6.71. The van der Waals surface area contributed by atoms with Gasteiger partial charge in [-0.25, -0.2) is 14.6 Å². The molecule has 0 bridgehead atoms. The van der Waals surface area contributed by atoms with Gasteiger partial charge in [0.25, 0.3) is 0 Å². The molecule has 0 aromatic carbocycles. The van der Waals surface area contributed by atoms with E-state index in [1.807, 2.05) is 13.8 Å². The molecule has 1 heterocycles. The van der Waals surface area contributed by atoms with Gasteiger partial charge in [0.05, 0.1) is 12.3 Å². The molecule has 0 aliphatic carbocycles. The smallest absolute Gasteiger partial charge is 0.409 e. The van der Waals surface area contributed by atoms with Gasteiger partial charge in [-0.05, 0) is 65.2 Å². The van der Waals surface area contributed by atoms with E-state index in [0.717, 1.165) is 26.1 Å². The number of nitrogens with one attached hydrogen (secondary N) is 2. The zero-order valence-corrected chi connectivity index (χ0v) is 20.7. The molecular formula is C24H42N4O5. The van der Waals surface area contributed by atoms with Crippen molar-refractivity contribution in [2.24, 2.45) is 0 Å². The van der Waals surface area contributed by atoms with Gasteiger partial charge in [0.15, 0.2) is 5.75 Å². The van der Waals surface area contributed by atoms with E-state index >= 15 is 0 Å². The Morgan fingerprint density at radius 3 is 2.09 bits per heavy atom. The zero-order chi connectivity index (χ0) is 24.3. The summed E-state index contributed by atoms with van der Waals surface area (Å²) in [5.41, 5.74) is 0. The third-order valence-corrected chi connectivity index (χ3v) is 4.73. The molecule has 33 heavy (non-hydrogen) atoms. The van der Waals surface area contributed by atoms with Crippen LogP contribution in [0.2, 0.25) is 0 Å². The molecule has 1 aromatic rings. The Morgan fingerprint density at radius 1 is 0.909 bits per heavy atom. The van der Waals surface area contributed by atoms with Crippen LogP contribution in [-0.4, -0.2) is 67.5 Å². The van der Waals surface area contributed by atoms with E-state index in [1.54, 1.807) is 0 Å². The van der Waals surface area contributed by atoms with Crippen molar-refractivity contribution in [1.82, 2.24) is 20.5 Å². The number of aromatic nitrogens is 1. The quantitative estimate of drug-likeness (QED) is 0.329. The van der Waals surface area contributed by atoms with Crippen LogP contribution < -0.4 is 20.1 Å². The van der Waals surface area contributed by atoms with Crippen LogP contribution in [0.5, 0.6) is 11.6 Å². The number of carbonyl (C=O) groups excluding carboxylic acids is 2. The Morgan fingerprint density at radius 2 is 1.52 bits per heavy atom. The second-order valence-corrected chi connectivity index (χ2v) is 8.14. The lowest BCUT2D eigenvalue weighted by atomic mass is 10.2. The summed E-state index contributed by atoms with van der Waals surface area (Å²) in [5.74, 6) is 0.400. The summed E-state index contributed by atoms with van der Waals surface area (Å²) in [7, 11) is 0. The predicted octanol–water partition coefficient (Wildman–Crippen LogP) is 4.37. The lowest BCUT2D eigenvalue weighted by molar-refractivity contribution is 0.0771. The minimum atomic E-state index is -0.592. The summed E-state index contributed by atoms with van der Waals surface area (Å²) in [6, 6.07) is 3.01. The Bertz CT molecular complexity index is 647. The van der Waals surface area contributed by atoms with Crippen molar-refractivity contribution in [3.63, 3.8) is 0 Å². The first-order chi connectivity index (χ1) is 15.9. The molecule has 0 aliphatic heterocycles. The largest absolute Gasteiger partial charge is 0.413 e. The first kappa shape index (κ1) is 28.6. The average Bonchev–Trinajstić information content (AvgIpc) is 2.78. The van der Waals surface area contributed by atoms with Crippen LogP contribution in [0.1, 0.15) is 66.2 Å². The molecule has 0 radical (unpaired) electrons. The third kappa shape index (κ3) is 15.1. The molecule has 0 atom stereocenters. The summed E-state index contributed by atoms with van der Waals surface area (Å²) >= 11 is 0. The first-order valence-electron chi connectivity index (χ1n) is 12.2. The zero-order valence-electron chi connectivity index (χ0n) is 20.7. The number of hydrogen-bond donors (Lipinski definition) is 2. The molecule has 188 valence electrons. The number of carbonyl (C=O) groups is 2. The number of ether oxygens (including phenoxy) is 3. The van der Waals surface area contributed by atoms with Crippen molar-refractivity contribution in [1.29, 1.82) is 0 Å². The third-order valence-electron chi connectivity index (χ3n) is 4.73. The highest BCUT2D eigenvalue weighted by Gasteiger charge is 2.09. The molecule has 0 fully saturated rings. The molecule has 9 heteroatoms. The molecular weight excluding hydrogens is 424 g/mol. The monoisotopic (exact) mass is 466 g/mol. The van der Waals surface area contributed by atoms with Crippen molar-refractivity contribution in [3.8, 4) is 11.6 Å². The van der Waals surface area contributed by atoms with Crippen molar-refractivity contribution < 1.29 is 23.8 Å². The normalized spacial score (nSPS) is 11.0. The van der Waals surface area contributed by atoms with E-state index in [0.29, 0.717) is 26.1 Å². The molecule has 0 spiro atoms. The van der Waals surface area contributed by atoms with E-state index in [2.05, 4.69) is 34.4 Å². The Balaban J connectivity index is 2.25. The number of unbranched alkanes of at least 4 members (excludes halogenated alkanes) is 2. The SMILES string of the molecule is CCCCN(CCCC)CCCNC(=O)Oc1ccc(OC(=O)NCCCOC(C)C)nc1. The highest BCUT2D eigenvalue weighted by atomic mass is 16.6. The fourth-order valence-electron chi connectivity index (χ4n) is 2.94. The van der Waals surface area contributed by atoms with Crippen LogP contribution >= 0.6 is 0 Å². The Hall–Kier alpha value is -2.39. The van der Waals surface area contributed by atoms with Gasteiger partial charge in [-0.3, -0.25) is 0 Å². The molecule has 2 N–H and O–H groups in total. The second kappa shape index (κ2) is 18.1. The fraction of sp³-hybridized carbons (Fsp3) is 0.708. The molecule has 0 saturated heterocycles. The minimum absolute atomic E-state index is 0.123. The number of nitrogens with zero attached hydrogens (tertiary/aromatic N) is 2. The van der Waals surface area contributed by atoms with Gasteiger partial charge in [0.2, 0.25) is 5.88 Å². The standard InChI is InChI=1S/C24H42N4O5/c1-5-7-15-28(16-8-6-2)17-9-13-25-23(29)32-21-11-12-22(27-19-21)33-24(30)26-14-10-18-31-20(3)4/h11-12,19-20H,5-10,13-18H2,1-4H3,(H,25,29)(H,26,30). The van der Waals surface area contributed by atoms with Gasteiger partial charge >= 0.3 is 12.2 Å². The fourth-order valence-corrected chi connectivity index (χ4v) is 2.94. The predicted molar refractivity (Wildman–Crippen MR) is 129 cm³/mol. The maximum atomic E-state index is 12.0. The lowest BCUT2D eigenvalue weighted by Crippen LogP contribution is -2.32. The maximum absolute atomic E-state index is 12.0. The van der Waals surface area contributed by atoms with E-state index in [9.17, 15) is 9.59 Å². The van der Waals surface area contributed by atoms with Gasteiger partial charge in [-0.1, -0.05) is 26.7 Å². The molecule has 0 saturated carbocycles. The molecule has 1 rings (SSSR count). The van der Waals surface area contributed by atoms with Crippen LogP contribution in [0.3, 0.4) is 0 Å². The van der Waals surface area contributed by atoms with E-state index in [4.69, 9.17) is 14.2 Å². The molecule has 0 unspecified atom stereocenters. The van der Waals surface area contributed by atoms with Gasteiger partial charge < -0.3 is 29.7 Å². The van der Waals surface area contributed by atoms with Gasteiger partial charge in [-0.2, -0.15) is 0 Å². The number of hydrogen-bond acceptors (Lipinski definition) is 7. The molecule has 0 aliphatic rings. The van der Waals surface area contributed by atoms with Crippen molar-refractivity contribution in [2.45, 2.75) is 72.3 Å². The van der Waals surface area contributed by atoms with Crippen LogP contribution in [-0.2, 0) is 4.74 Å². The van der Waals surface area contributed by atoms with Crippen LogP contribution in [0, 0.1) is 0 Å². The van der Waals surface area contributed by atoms with Crippen molar-refractivity contribution >= 4 is 12.2 Å². The van der Waals surface area contributed by atoms with Gasteiger partial charge in [0, 0.05) is 25.8 Å². The van der Waals surface area contributed by atoms with Gasteiger partial charge in [-0.15, -0.1) is 0 Å². The Kier molecular flexibility index (Phi) is 15.7. The lowest BCUT2D eigenvalue weighted by Gasteiger charge is -2.21. The number of pyridine rings is 1. The second-order valence-electron chi connectivity index (χ2n) is 8.14. The van der Waals surface area contributed by atoms with E-state index in [-0.39, 0.29) is 17.7 Å².